The molecule has 0 bridgehead atoms. The topological polar surface area (TPSA) is 32.3 Å². The maximum atomic E-state index is 12.3. The number of amides is 1. The van der Waals surface area contributed by atoms with E-state index in [0.717, 1.165) is 31.7 Å². The van der Waals surface area contributed by atoms with Gasteiger partial charge in [0.2, 0.25) is 0 Å². The SMILES string of the molecule is Cc1ccc(CN2CC3c4ccccc4C(=O)NC[C@H]3C2)cc1C. The zero-order chi connectivity index (χ0) is 16.7. The average molecular weight is 320 g/mol. The molecule has 2 aliphatic heterocycles. The highest BCUT2D eigenvalue weighted by molar-refractivity contribution is 5.96. The number of hydrogen-bond acceptors (Lipinski definition) is 2. The van der Waals surface area contributed by atoms with Crippen molar-refractivity contribution in [3.63, 3.8) is 0 Å². The molecule has 2 aromatic carbocycles. The van der Waals surface area contributed by atoms with Crippen LogP contribution in [0.1, 0.15) is 38.5 Å². The Morgan fingerprint density at radius 1 is 1.08 bits per heavy atom. The van der Waals surface area contributed by atoms with Crippen LogP contribution in [0.25, 0.3) is 0 Å². The molecule has 0 spiro atoms. The average Bonchev–Trinajstić information content (AvgIpc) is 2.93. The van der Waals surface area contributed by atoms with Crippen molar-refractivity contribution in [2.75, 3.05) is 19.6 Å². The van der Waals surface area contributed by atoms with Crippen LogP contribution >= 0.6 is 0 Å². The summed E-state index contributed by atoms with van der Waals surface area (Å²) in [5, 5.41) is 3.11. The lowest BCUT2D eigenvalue weighted by Crippen LogP contribution is -2.29. The molecular weight excluding hydrogens is 296 g/mol. The zero-order valence-corrected chi connectivity index (χ0v) is 14.4. The van der Waals surface area contributed by atoms with Gasteiger partial charge in [-0.15, -0.1) is 0 Å². The molecule has 0 aliphatic carbocycles. The van der Waals surface area contributed by atoms with Crippen LogP contribution in [-0.2, 0) is 6.54 Å². The quantitative estimate of drug-likeness (QED) is 0.921. The van der Waals surface area contributed by atoms with Crippen LogP contribution in [0.3, 0.4) is 0 Å². The Labute approximate surface area is 143 Å². The summed E-state index contributed by atoms with van der Waals surface area (Å²) in [5.74, 6) is 1.04. The number of nitrogens with zero attached hydrogens (tertiary/aromatic N) is 1. The van der Waals surface area contributed by atoms with Crippen molar-refractivity contribution >= 4 is 5.91 Å². The van der Waals surface area contributed by atoms with Crippen LogP contribution in [0.4, 0.5) is 0 Å². The minimum Gasteiger partial charge on any atom is -0.352 e. The van der Waals surface area contributed by atoms with Crippen molar-refractivity contribution in [1.29, 1.82) is 0 Å². The monoisotopic (exact) mass is 320 g/mol. The van der Waals surface area contributed by atoms with Gasteiger partial charge in [-0.05, 0) is 48.1 Å². The van der Waals surface area contributed by atoms with Gasteiger partial charge in [-0.2, -0.15) is 0 Å². The van der Waals surface area contributed by atoms with Crippen molar-refractivity contribution < 1.29 is 4.79 Å². The number of aryl methyl sites for hydroxylation is 2. The lowest BCUT2D eigenvalue weighted by Gasteiger charge is -2.18. The fraction of sp³-hybridized carbons (Fsp3) is 0.381. The molecule has 0 radical (unpaired) electrons. The molecule has 24 heavy (non-hydrogen) atoms. The minimum absolute atomic E-state index is 0.0840. The van der Waals surface area contributed by atoms with Crippen LogP contribution in [-0.4, -0.2) is 30.4 Å². The van der Waals surface area contributed by atoms with Crippen molar-refractivity contribution in [2.45, 2.75) is 26.3 Å². The molecule has 0 aromatic heterocycles. The highest BCUT2D eigenvalue weighted by Gasteiger charge is 2.37. The van der Waals surface area contributed by atoms with Gasteiger partial charge in [0.15, 0.2) is 0 Å². The van der Waals surface area contributed by atoms with E-state index in [0.29, 0.717) is 11.8 Å². The maximum absolute atomic E-state index is 12.3. The fourth-order valence-electron chi connectivity index (χ4n) is 4.16. The molecule has 3 nitrogen and oxygen atoms in total. The van der Waals surface area contributed by atoms with E-state index in [1.54, 1.807) is 0 Å². The number of carbonyl (C=O) groups is 1. The van der Waals surface area contributed by atoms with E-state index in [1.807, 2.05) is 12.1 Å². The third-order valence-corrected chi connectivity index (χ3v) is 5.62. The largest absolute Gasteiger partial charge is 0.352 e. The molecule has 1 unspecified atom stereocenters. The Balaban J connectivity index is 1.56. The number of benzene rings is 2. The Kier molecular flexibility index (Phi) is 3.89. The van der Waals surface area contributed by atoms with Gasteiger partial charge in [-0.3, -0.25) is 9.69 Å². The summed E-state index contributed by atoms with van der Waals surface area (Å²) in [7, 11) is 0. The molecule has 1 amide bonds. The molecule has 2 atom stereocenters. The molecule has 2 aliphatic rings. The van der Waals surface area contributed by atoms with Crippen LogP contribution < -0.4 is 5.32 Å². The fourth-order valence-corrected chi connectivity index (χ4v) is 4.16. The summed E-state index contributed by atoms with van der Waals surface area (Å²) >= 11 is 0. The summed E-state index contributed by atoms with van der Waals surface area (Å²) < 4.78 is 0. The molecule has 1 fully saturated rings. The number of hydrogen-bond donors (Lipinski definition) is 1. The van der Waals surface area contributed by atoms with Crippen molar-refractivity contribution in [1.82, 2.24) is 10.2 Å². The van der Waals surface area contributed by atoms with Gasteiger partial charge in [-0.25, -0.2) is 0 Å². The van der Waals surface area contributed by atoms with Gasteiger partial charge < -0.3 is 5.32 Å². The predicted molar refractivity (Wildman–Crippen MR) is 96.2 cm³/mol. The Morgan fingerprint density at radius 3 is 2.75 bits per heavy atom. The second-order valence-corrected chi connectivity index (χ2v) is 7.28. The molecule has 0 saturated carbocycles. The summed E-state index contributed by atoms with van der Waals surface area (Å²) in [5.41, 5.74) is 6.17. The molecule has 1 saturated heterocycles. The predicted octanol–water partition coefficient (Wildman–Crippen LogP) is 3.26. The first kappa shape index (κ1) is 15.4. The highest BCUT2D eigenvalue weighted by atomic mass is 16.1. The molecule has 4 rings (SSSR count). The first-order valence-electron chi connectivity index (χ1n) is 8.77. The standard InChI is InChI=1S/C21H24N2O/c1-14-7-8-16(9-15(14)2)11-23-12-17-10-22-21(24)19-6-4-3-5-18(19)20(17)13-23/h3-9,17,20H,10-13H2,1-2H3,(H,22,24)/t17-,20?/m0/s1. The lowest BCUT2D eigenvalue weighted by molar-refractivity contribution is 0.0951. The normalized spacial score (nSPS) is 23.3. The van der Waals surface area contributed by atoms with Crippen molar-refractivity contribution in [3.05, 3.63) is 70.3 Å². The van der Waals surface area contributed by atoms with E-state index < -0.39 is 0 Å². The van der Waals surface area contributed by atoms with Crippen molar-refractivity contribution in [3.8, 4) is 0 Å². The molecule has 1 N–H and O–H groups in total. The summed E-state index contributed by atoms with van der Waals surface area (Å²) in [4.78, 5) is 14.8. The smallest absolute Gasteiger partial charge is 0.251 e. The first-order chi connectivity index (χ1) is 11.6. The van der Waals surface area contributed by atoms with Crippen LogP contribution in [0, 0.1) is 19.8 Å². The van der Waals surface area contributed by atoms with Crippen LogP contribution in [0.5, 0.6) is 0 Å². The zero-order valence-electron chi connectivity index (χ0n) is 14.4. The van der Waals surface area contributed by atoms with Crippen molar-refractivity contribution in [2.24, 2.45) is 5.92 Å². The number of carbonyl (C=O) groups excluding carboxylic acids is 1. The molecule has 3 heteroatoms. The summed E-state index contributed by atoms with van der Waals surface area (Å²) in [6.07, 6.45) is 0. The maximum Gasteiger partial charge on any atom is 0.251 e. The Morgan fingerprint density at radius 2 is 1.92 bits per heavy atom. The van der Waals surface area contributed by atoms with Gasteiger partial charge in [0.05, 0.1) is 0 Å². The molecule has 2 aromatic rings. The Hall–Kier alpha value is -2.13. The second kappa shape index (κ2) is 6.06. The number of rotatable bonds is 2. The molecule has 124 valence electrons. The summed E-state index contributed by atoms with van der Waals surface area (Å²) in [6.45, 7) is 8.19. The van der Waals surface area contributed by atoms with E-state index in [4.69, 9.17) is 0 Å². The Bertz CT molecular complexity index is 783. The molecule has 2 heterocycles. The number of nitrogens with one attached hydrogen (secondary N) is 1. The van der Waals surface area contributed by atoms with E-state index >= 15 is 0 Å². The van der Waals surface area contributed by atoms with Gasteiger partial charge in [0, 0.05) is 37.7 Å². The van der Waals surface area contributed by atoms with Gasteiger partial charge >= 0.3 is 0 Å². The minimum atomic E-state index is 0.0840. The van der Waals surface area contributed by atoms with E-state index in [-0.39, 0.29) is 5.91 Å². The third-order valence-electron chi connectivity index (χ3n) is 5.62. The van der Waals surface area contributed by atoms with Crippen LogP contribution in [0.15, 0.2) is 42.5 Å². The highest BCUT2D eigenvalue weighted by Crippen LogP contribution is 2.36. The van der Waals surface area contributed by atoms with E-state index in [1.165, 1.54) is 22.3 Å². The lowest BCUT2D eigenvalue weighted by atomic mass is 9.87. The third kappa shape index (κ3) is 2.73. The number of fused-ring (bicyclic) bond motifs is 3. The second-order valence-electron chi connectivity index (χ2n) is 7.28. The van der Waals surface area contributed by atoms with Gasteiger partial charge in [0.1, 0.15) is 0 Å². The van der Waals surface area contributed by atoms with Gasteiger partial charge in [-0.1, -0.05) is 36.4 Å². The van der Waals surface area contributed by atoms with E-state index in [2.05, 4.69) is 54.4 Å². The number of likely N-dealkylation sites (tertiary alicyclic amines) is 1. The van der Waals surface area contributed by atoms with Gasteiger partial charge in [0.25, 0.3) is 5.91 Å². The first-order valence-corrected chi connectivity index (χ1v) is 8.77. The van der Waals surface area contributed by atoms with Crippen LogP contribution in [0.2, 0.25) is 0 Å². The van der Waals surface area contributed by atoms with E-state index in [9.17, 15) is 4.79 Å². The molecular formula is C21H24N2O. The summed E-state index contributed by atoms with van der Waals surface area (Å²) in [6, 6.07) is 14.9.